The minimum Gasteiger partial charge on any atom is -0.497 e. The molecule has 1 aromatic rings. The lowest BCUT2D eigenvalue weighted by molar-refractivity contribution is -0.140. The van der Waals surface area contributed by atoms with Crippen molar-refractivity contribution in [2.75, 3.05) is 13.7 Å². The van der Waals surface area contributed by atoms with E-state index in [9.17, 15) is 22.0 Å². The highest BCUT2D eigenvalue weighted by Crippen LogP contribution is 2.32. The van der Waals surface area contributed by atoms with Crippen LogP contribution in [0.15, 0.2) is 52.6 Å². The van der Waals surface area contributed by atoms with E-state index in [0.717, 1.165) is 25.3 Å². The van der Waals surface area contributed by atoms with E-state index in [-0.39, 0.29) is 17.2 Å². The van der Waals surface area contributed by atoms with Crippen molar-refractivity contribution in [2.45, 2.75) is 49.8 Å². The Morgan fingerprint density at radius 1 is 1.17 bits per heavy atom. The normalized spacial score (nSPS) is 15.9. The Morgan fingerprint density at radius 3 is 2.48 bits per heavy atom. The summed E-state index contributed by atoms with van der Waals surface area (Å²) in [5, 5.41) is 0. The molecular formula is C20H25F2NO5S. The third kappa shape index (κ3) is 6.56. The predicted octanol–water partition coefficient (Wildman–Crippen LogP) is 3.95. The first kappa shape index (κ1) is 22.9. The fourth-order valence-electron chi connectivity index (χ4n) is 2.71. The van der Waals surface area contributed by atoms with Crippen LogP contribution in [0.3, 0.4) is 0 Å². The van der Waals surface area contributed by atoms with Crippen molar-refractivity contribution in [2.24, 2.45) is 0 Å². The monoisotopic (exact) mass is 429 g/mol. The fraction of sp³-hybridized carbons (Fsp3) is 0.450. The first-order chi connectivity index (χ1) is 13.7. The van der Waals surface area contributed by atoms with Crippen LogP contribution >= 0.6 is 0 Å². The molecule has 0 heterocycles. The number of nitrogens with one attached hydrogen (secondary N) is 1. The number of rotatable bonds is 10. The number of hydrogen-bond donors (Lipinski definition) is 1. The van der Waals surface area contributed by atoms with Crippen LogP contribution in [0.4, 0.5) is 8.78 Å². The average molecular weight is 429 g/mol. The molecule has 0 radical (unpaired) electrons. The van der Waals surface area contributed by atoms with Crippen LogP contribution in [0.2, 0.25) is 0 Å². The van der Waals surface area contributed by atoms with Crippen LogP contribution in [0.25, 0.3) is 0 Å². The molecule has 0 aromatic heterocycles. The number of unbranched alkanes of at least 4 members (excludes halogenated alkanes) is 3. The zero-order valence-corrected chi connectivity index (χ0v) is 17.2. The lowest BCUT2D eigenvalue weighted by Crippen LogP contribution is -2.30. The number of benzene rings is 1. The van der Waals surface area contributed by atoms with E-state index in [1.807, 2.05) is 6.92 Å². The Morgan fingerprint density at radius 2 is 1.86 bits per heavy atom. The Balaban J connectivity index is 2.20. The standard InChI is InChI=1S/C20H25F2NO5S/c1-3-4-5-6-13-28-19(24)17-14-20(21,22)12-11-18(17)23-29(25,26)16-9-7-15(27-2)8-10-16/h7-12,23H,3-6,13-14H2,1-2H3. The largest absolute Gasteiger partial charge is 0.497 e. The molecule has 160 valence electrons. The van der Waals surface area contributed by atoms with Crippen molar-refractivity contribution in [3.05, 3.63) is 47.7 Å². The van der Waals surface area contributed by atoms with Crippen LogP contribution in [-0.4, -0.2) is 34.0 Å². The van der Waals surface area contributed by atoms with Gasteiger partial charge in [0, 0.05) is 6.42 Å². The number of ether oxygens (including phenoxy) is 2. The van der Waals surface area contributed by atoms with Crippen molar-refractivity contribution in [3.8, 4) is 5.75 Å². The number of sulfonamides is 1. The summed E-state index contributed by atoms with van der Waals surface area (Å²) in [7, 11) is -2.64. The Hall–Kier alpha value is -2.42. The first-order valence-electron chi connectivity index (χ1n) is 9.33. The maximum atomic E-state index is 13.8. The average Bonchev–Trinajstić information content (AvgIpc) is 2.68. The van der Waals surface area contributed by atoms with Gasteiger partial charge in [-0.1, -0.05) is 26.2 Å². The molecule has 29 heavy (non-hydrogen) atoms. The van der Waals surface area contributed by atoms with Gasteiger partial charge in [-0.05, 0) is 42.8 Å². The van der Waals surface area contributed by atoms with Gasteiger partial charge in [-0.15, -0.1) is 0 Å². The van der Waals surface area contributed by atoms with Gasteiger partial charge in [-0.25, -0.2) is 22.0 Å². The SMILES string of the molecule is CCCCCCOC(=O)C1=C(NS(=O)(=O)c2ccc(OC)cc2)C=CC(F)(F)C1. The van der Waals surface area contributed by atoms with E-state index in [1.165, 1.54) is 31.4 Å². The van der Waals surface area contributed by atoms with Crippen molar-refractivity contribution >= 4 is 16.0 Å². The van der Waals surface area contributed by atoms with E-state index in [4.69, 9.17) is 9.47 Å². The van der Waals surface area contributed by atoms with Crippen LogP contribution < -0.4 is 9.46 Å². The summed E-state index contributed by atoms with van der Waals surface area (Å²) in [6, 6.07) is 5.54. The van der Waals surface area contributed by atoms with E-state index in [1.54, 1.807) is 0 Å². The molecule has 1 N–H and O–H groups in total. The fourth-order valence-corrected chi connectivity index (χ4v) is 3.81. The van der Waals surface area contributed by atoms with Crippen molar-refractivity contribution in [1.29, 1.82) is 0 Å². The minimum atomic E-state index is -4.09. The first-order valence-corrected chi connectivity index (χ1v) is 10.8. The summed E-state index contributed by atoms with van der Waals surface area (Å²) in [4.78, 5) is 12.2. The number of carbonyl (C=O) groups excluding carboxylic acids is 1. The number of allylic oxidation sites excluding steroid dienone is 2. The summed E-state index contributed by atoms with van der Waals surface area (Å²) in [5.41, 5.74) is -0.615. The highest BCUT2D eigenvalue weighted by atomic mass is 32.2. The van der Waals surface area contributed by atoms with Crippen molar-refractivity contribution in [3.63, 3.8) is 0 Å². The molecule has 2 rings (SSSR count). The molecule has 0 unspecified atom stereocenters. The second kappa shape index (κ2) is 9.87. The second-order valence-electron chi connectivity index (χ2n) is 6.64. The number of carbonyl (C=O) groups is 1. The summed E-state index contributed by atoms with van der Waals surface area (Å²) in [5.74, 6) is -3.74. The van der Waals surface area contributed by atoms with Gasteiger partial charge in [-0.3, -0.25) is 4.72 Å². The van der Waals surface area contributed by atoms with Crippen LogP contribution in [0.5, 0.6) is 5.75 Å². The molecule has 0 fully saturated rings. The smallest absolute Gasteiger partial charge is 0.336 e. The zero-order chi connectivity index (χ0) is 21.5. The van der Waals surface area contributed by atoms with Crippen LogP contribution in [0.1, 0.15) is 39.0 Å². The van der Waals surface area contributed by atoms with Gasteiger partial charge in [0.2, 0.25) is 0 Å². The third-order valence-electron chi connectivity index (χ3n) is 4.32. The molecule has 1 aromatic carbocycles. The van der Waals surface area contributed by atoms with E-state index in [2.05, 4.69) is 4.72 Å². The topological polar surface area (TPSA) is 81.7 Å². The molecule has 9 heteroatoms. The lowest BCUT2D eigenvalue weighted by Gasteiger charge is -2.22. The maximum Gasteiger partial charge on any atom is 0.336 e. The van der Waals surface area contributed by atoms with Gasteiger partial charge in [-0.2, -0.15) is 0 Å². The molecule has 0 atom stereocenters. The number of methoxy groups -OCH3 is 1. The van der Waals surface area contributed by atoms with Gasteiger partial charge in [0.25, 0.3) is 15.9 Å². The number of esters is 1. The summed E-state index contributed by atoms with van der Waals surface area (Å²) in [6.45, 7) is 2.13. The predicted molar refractivity (Wildman–Crippen MR) is 104 cm³/mol. The zero-order valence-electron chi connectivity index (χ0n) is 16.4. The summed E-state index contributed by atoms with van der Waals surface area (Å²) >= 11 is 0. The van der Waals surface area contributed by atoms with E-state index < -0.39 is 33.9 Å². The molecule has 0 saturated carbocycles. The number of alkyl halides is 2. The maximum absolute atomic E-state index is 13.8. The van der Waals surface area contributed by atoms with Crippen LogP contribution in [-0.2, 0) is 19.6 Å². The molecule has 0 amide bonds. The molecule has 6 nitrogen and oxygen atoms in total. The summed E-state index contributed by atoms with van der Waals surface area (Å²) < 4.78 is 65.1. The molecular weight excluding hydrogens is 404 g/mol. The molecule has 1 aliphatic carbocycles. The molecule has 0 saturated heterocycles. The van der Waals surface area contributed by atoms with Crippen molar-refractivity contribution in [1.82, 2.24) is 4.72 Å². The second-order valence-corrected chi connectivity index (χ2v) is 8.32. The summed E-state index contributed by atoms with van der Waals surface area (Å²) in [6.07, 6.45) is 4.00. The van der Waals surface area contributed by atoms with Gasteiger partial charge in [0.1, 0.15) is 5.75 Å². The van der Waals surface area contributed by atoms with Gasteiger partial charge < -0.3 is 9.47 Å². The highest BCUT2D eigenvalue weighted by molar-refractivity contribution is 7.89. The van der Waals surface area contributed by atoms with Gasteiger partial charge in [0.15, 0.2) is 0 Å². The lowest BCUT2D eigenvalue weighted by atomic mass is 9.99. The van der Waals surface area contributed by atoms with Gasteiger partial charge in [0.05, 0.1) is 29.9 Å². The van der Waals surface area contributed by atoms with E-state index in [0.29, 0.717) is 18.2 Å². The Kier molecular flexibility index (Phi) is 7.78. The number of hydrogen-bond acceptors (Lipinski definition) is 5. The Bertz CT molecular complexity index is 877. The minimum absolute atomic E-state index is 0.0934. The quantitative estimate of drug-likeness (QED) is 0.450. The molecule has 0 spiro atoms. The molecule has 0 bridgehead atoms. The van der Waals surface area contributed by atoms with Gasteiger partial charge >= 0.3 is 5.97 Å². The highest BCUT2D eigenvalue weighted by Gasteiger charge is 2.36. The van der Waals surface area contributed by atoms with Crippen molar-refractivity contribution < 1.29 is 31.5 Å². The van der Waals surface area contributed by atoms with Crippen LogP contribution in [0, 0.1) is 0 Å². The third-order valence-corrected chi connectivity index (χ3v) is 5.70. The van der Waals surface area contributed by atoms with E-state index >= 15 is 0 Å². The molecule has 0 aliphatic heterocycles. The Labute approximate surface area is 169 Å². The molecule has 1 aliphatic rings. The number of halogens is 2.